The number of aromatic nitrogens is 1. The van der Waals surface area contributed by atoms with Crippen LogP contribution in [0, 0.1) is 11.7 Å². The standard InChI is InChI=1S/C22H22FN4O6PS/c1-35(32,33)26-14-5-6-16-18(11-14)34(30,31)25-21(24-16)19-20(28)15-10-13(23)4-7-17(15)27(22(19)29)9-8-12-2-3-12/h4-7,10-12,26,28H,2-3,8-9H2,1H3,(H2,24,25,30,31). The normalized spacial score (nSPS) is 19.7. The molecule has 184 valence electrons. The van der Waals surface area contributed by atoms with Crippen molar-refractivity contribution in [1.29, 1.82) is 0 Å². The minimum absolute atomic E-state index is 0.0624. The van der Waals surface area contributed by atoms with Gasteiger partial charge in [-0.25, -0.2) is 12.8 Å². The van der Waals surface area contributed by atoms with Crippen molar-refractivity contribution in [1.82, 2.24) is 4.57 Å². The molecule has 1 aromatic heterocycles. The molecule has 0 bridgehead atoms. The third kappa shape index (κ3) is 4.56. The molecule has 5 rings (SSSR count). The summed E-state index contributed by atoms with van der Waals surface area (Å²) in [6.07, 6.45) is 3.81. The van der Waals surface area contributed by atoms with Crippen LogP contribution in [-0.4, -0.2) is 35.1 Å². The van der Waals surface area contributed by atoms with Crippen molar-refractivity contribution in [3.8, 4) is 5.75 Å². The van der Waals surface area contributed by atoms with Crippen molar-refractivity contribution < 1.29 is 27.4 Å². The number of aryl methyl sites for hydroxylation is 1. The molecular weight excluding hydrogens is 498 g/mol. The van der Waals surface area contributed by atoms with Gasteiger partial charge in [-0.1, -0.05) is 12.8 Å². The molecule has 2 heterocycles. The first kappa shape index (κ1) is 23.5. The minimum atomic E-state index is -4.48. The summed E-state index contributed by atoms with van der Waals surface area (Å²) in [5.41, 5.74) is -0.460. The van der Waals surface area contributed by atoms with Crippen molar-refractivity contribution in [2.24, 2.45) is 10.7 Å². The monoisotopic (exact) mass is 520 g/mol. The van der Waals surface area contributed by atoms with Crippen LogP contribution in [-0.2, 0) is 21.1 Å². The number of benzene rings is 2. The Bertz CT molecular complexity index is 1630. The summed E-state index contributed by atoms with van der Waals surface area (Å²) >= 11 is 0. The molecule has 10 nitrogen and oxygen atoms in total. The lowest BCUT2D eigenvalue weighted by atomic mass is 10.1. The highest BCUT2D eigenvalue weighted by Gasteiger charge is 2.34. The van der Waals surface area contributed by atoms with Gasteiger partial charge < -0.3 is 19.9 Å². The molecule has 1 aliphatic carbocycles. The molecule has 35 heavy (non-hydrogen) atoms. The van der Waals surface area contributed by atoms with Crippen LogP contribution in [0.3, 0.4) is 0 Å². The van der Waals surface area contributed by atoms with E-state index in [4.69, 9.17) is 0 Å². The molecule has 2 aliphatic rings. The molecule has 0 spiro atoms. The number of hydrogen-bond donors (Lipinski definition) is 4. The van der Waals surface area contributed by atoms with Gasteiger partial charge in [-0.2, -0.15) is 4.76 Å². The first-order valence-corrected chi connectivity index (χ1v) is 14.3. The molecule has 0 amide bonds. The predicted molar refractivity (Wildman–Crippen MR) is 132 cm³/mol. The van der Waals surface area contributed by atoms with Crippen LogP contribution in [0.1, 0.15) is 24.8 Å². The van der Waals surface area contributed by atoms with E-state index in [0.717, 1.165) is 31.6 Å². The molecule has 3 aromatic rings. The van der Waals surface area contributed by atoms with Gasteiger partial charge >= 0.3 is 7.52 Å². The van der Waals surface area contributed by atoms with Crippen LogP contribution in [0.15, 0.2) is 46.0 Å². The number of nitrogens with zero attached hydrogens (tertiary/aromatic N) is 2. The summed E-state index contributed by atoms with van der Waals surface area (Å²) in [6, 6.07) is 7.63. The molecule has 1 saturated carbocycles. The number of halogens is 1. The van der Waals surface area contributed by atoms with Gasteiger partial charge in [0.05, 0.1) is 22.8 Å². The number of fused-ring (bicyclic) bond motifs is 2. The van der Waals surface area contributed by atoms with Crippen LogP contribution in [0.5, 0.6) is 5.75 Å². The van der Waals surface area contributed by atoms with E-state index in [1.807, 2.05) is 0 Å². The highest BCUT2D eigenvalue weighted by molar-refractivity contribution is 7.92. The second kappa shape index (κ2) is 8.18. The zero-order valence-corrected chi connectivity index (χ0v) is 20.2. The maximum atomic E-state index is 14.0. The van der Waals surface area contributed by atoms with Gasteiger partial charge in [0.2, 0.25) is 10.0 Å². The van der Waals surface area contributed by atoms with Crippen LogP contribution in [0.4, 0.5) is 15.8 Å². The van der Waals surface area contributed by atoms with Gasteiger partial charge in [0, 0.05) is 17.6 Å². The summed E-state index contributed by atoms with van der Waals surface area (Å²) in [6.45, 7) is 0.333. The Hall–Kier alpha value is -3.21. The van der Waals surface area contributed by atoms with Crippen LogP contribution in [0.25, 0.3) is 10.9 Å². The Labute approximate surface area is 199 Å². The Morgan fingerprint density at radius 1 is 1.26 bits per heavy atom. The molecule has 1 atom stereocenters. The maximum Gasteiger partial charge on any atom is 0.346 e. The number of hydrogen-bond acceptors (Lipinski definition) is 6. The molecule has 1 fully saturated rings. The molecule has 1 unspecified atom stereocenters. The van der Waals surface area contributed by atoms with E-state index in [2.05, 4.69) is 14.8 Å². The van der Waals surface area contributed by atoms with Crippen molar-refractivity contribution in [2.45, 2.75) is 25.8 Å². The zero-order valence-electron chi connectivity index (χ0n) is 18.5. The molecule has 13 heteroatoms. The van der Waals surface area contributed by atoms with E-state index >= 15 is 0 Å². The lowest BCUT2D eigenvalue weighted by Crippen LogP contribution is -2.33. The molecule has 4 N–H and O–H groups in total. The van der Waals surface area contributed by atoms with Gasteiger partial charge in [-0.15, -0.1) is 0 Å². The van der Waals surface area contributed by atoms with E-state index in [9.17, 15) is 32.2 Å². The van der Waals surface area contributed by atoms with E-state index in [0.29, 0.717) is 18.0 Å². The number of anilines is 2. The Morgan fingerprint density at radius 3 is 2.69 bits per heavy atom. The summed E-state index contributed by atoms with van der Waals surface area (Å²) in [7, 11) is -8.11. The fraction of sp³-hybridized carbons (Fsp3) is 0.273. The van der Waals surface area contributed by atoms with Gasteiger partial charge in [-0.3, -0.25) is 14.1 Å². The highest BCUT2D eigenvalue weighted by atomic mass is 32.2. The van der Waals surface area contributed by atoms with E-state index < -0.39 is 34.7 Å². The second-order valence-electron chi connectivity index (χ2n) is 8.80. The molecule has 0 radical (unpaired) electrons. The Kier molecular flexibility index (Phi) is 5.50. The average Bonchev–Trinajstić information content (AvgIpc) is 3.57. The first-order chi connectivity index (χ1) is 16.4. The fourth-order valence-corrected chi connectivity index (χ4v) is 6.01. The van der Waals surface area contributed by atoms with Gasteiger partial charge in [0.1, 0.15) is 17.1 Å². The smallest absolute Gasteiger partial charge is 0.346 e. The third-order valence-electron chi connectivity index (χ3n) is 6.00. The van der Waals surface area contributed by atoms with Crippen molar-refractivity contribution in [3.63, 3.8) is 0 Å². The molecule has 2 aromatic carbocycles. The molecular formula is C22H22FN4O6PS. The summed E-state index contributed by atoms with van der Waals surface area (Å²) in [4.78, 5) is 24.2. The maximum absolute atomic E-state index is 14.0. The first-order valence-electron chi connectivity index (χ1n) is 10.8. The largest absolute Gasteiger partial charge is 0.506 e. The number of amidine groups is 1. The number of aromatic hydroxyl groups is 1. The summed E-state index contributed by atoms with van der Waals surface area (Å²) < 4.78 is 57.7. The minimum Gasteiger partial charge on any atom is -0.506 e. The van der Waals surface area contributed by atoms with Gasteiger partial charge in [-0.05, 0) is 48.7 Å². The van der Waals surface area contributed by atoms with Crippen molar-refractivity contribution in [3.05, 3.63) is 58.1 Å². The number of sulfonamides is 1. The summed E-state index contributed by atoms with van der Waals surface area (Å²) in [5, 5.41) is 13.7. The lowest BCUT2D eigenvalue weighted by molar-refractivity contribution is 0.475. The Balaban J connectivity index is 1.65. The van der Waals surface area contributed by atoms with Crippen LogP contribution >= 0.6 is 7.52 Å². The van der Waals surface area contributed by atoms with Gasteiger partial charge in [0.25, 0.3) is 5.56 Å². The zero-order chi connectivity index (χ0) is 25.1. The quantitative estimate of drug-likeness (QED) is 0.365. The van der Waals surface area contributed by atoms with Gasteiger partial charge in [0.15, 0.2) is 5.84 Å². The number of rotatable bonds is 6. The third-order valence-corrected chi connectivity index (χ3v) is 8.07. The van der Waals surface area contributed by atoms with E-state index in [1.54, 1.807) is 0 Å². The molecule has 1 aliphatic heterocycles. The fourth-order valence-electron chi connectivity index (χ4n) is 4.18. The van der Waals surface area contributed by atoms with Crippen molar-refractivity contribution >= 4 is 51.0 Å². The SMILES string of the molecule is CS(=O)(=O)Nc1ccc2c(c1)P(=O)(O)N=C(c1c(O)c3cc(F)ccc3n(CCC3CC3)c1=O)N2. The highest BCUT2D eigenvalue weighted by Crippen LogP contribution is 2.47. The van der Waals surface area contributed by atoms with Crippen molar-refractivity contribution in [2.75, 3.05) is 16.3 Å². The second-order valence-corrected chi connectivity index (χ2v) is 12.3. The number of pyridine rings is 1. The van der Waals surface area contributed by atoms with E-state index in [1.165, 1.54) is 34.9 Å². The van der Waals surface area contributed by atoms with Crippen LogP contribution in [0.2, 0.25) is 0 Å². The topological polar surface area (TPSA) is 150 Å². The number of nitrogens with one attached hydrogen (secondary N) is 2. The van der Waals surface area contributed by atoms with E-state index in [-0.39, 0.29) is 33.5 Å². The average molecular weight is 520 g/mol. The lowest BCUT2D eigenvalue weighted by Gasteiger charge is -2.24. The summed E-state index contributed by atoms with van der Waals surface area (Å²) in [5.74, 6) is -1.01. The predicted octanol–water partition coefficient (Wildman–Crippen LogP) is 2.70. The van der Waals surface area contributed by atoms with Crippen LogP contribution < -0.4 is 20.9 Å². The molecule has 0 saturated heterocycles. The Morgan fingerprint density at radius 2 is 2.00 bits per heavy atom.